The van der Waals surface area contributed by atoms with Gasteiger partial charge in [0.2, 0.25) is 9.84 Å². The van der Waals surface area contributed by atoms with E-state index in [-0.39, 0.29) is 0 Å². The molecule has 1 aromatic carbocycles. The standard InChI is InChI=1S/C10H9BrO2S2/c1-7-10(14-7)6-15(12,13)9-4-2-8(11)3-5-9/h2-7H,1H3/b10-6+/t7-/m0/s1. The first-order valence-corrected chi connectivity index (χ1v) is 7.60. The van der Waals surface area contributed by atoms with Gasteiger partial charge >= 0.3 is 0 Å². The summed E-state index contributed by atoms with van der Waals surface area (Å²) in [6, 6.07) is 6.67. The van der Waals surface area contributed by atoms with Crippen molar-refractivity contribution in [3.05, 3.63) is 39.1 Å². The molecule has 1 aliphatic rings. The van der Waals surface area contributed by atoms with E-state index >= 15 is 0 Å². The van der Waals surface area contributed by atoms with Crippen molar-refractivity contribution in [3.8, 4) is 0 Å². The number of halogens is 1. The van der Waals surface area contributed by atoms with Crippen molar-refractivity contribution in [2.24, 2.45) is 0 Å². The molecule has 0 amide bonds. The van der Waals surface area contributed by atoms with Crippen LogP contribution < -0.4 is 0 Å². The Morgan fingerprint density at radius 2 is 1.87 bits per heavy atom. The largest absolute Gasteiger partial charge is 0.219 e. The van der Waals surface area contributed by atoms with E-state index in [0.717, 1.165) is 9.38 Å². The number of benzene rings is 1. The zero-order chi connectivity index (χ0) is 11.1. The third-order valence-corrected chi connectivity index (χ3v) is 5.34. The Morgan fingerprint density at radius 1 is 1.33 bits per heavy atom. The minimum absolute atomic E-state index is 0.345. The summed E-state index contributed by atoms with van der Waals surface area (Å²) in [6.07, 6.45) is 0. The van der Waals surface area contributed by atoms with Crippen LogP contribution in [0.25, 0.3) is 0 Å². The minimum Gasteiger partial charge on any atom is -0.219 e. The molecule has 1 atom stereocenters. The van der Waals surface area contributed by atoms with Crippen molar-refractivity contribution in [1.29, 1.82) is 0 Å². The Bertz CT molecular complexity index is 503. The summed E-state index contributed by atoms with van der Waals surface area (Å²) in [5.74, 6) is 0. The summed E-state index contributed by atoms with van der Waals surface area (Å²) in [4.78, 5) is 1.29. The van der Waals surface area contributed by atoms with Crippen LogP contribution in [0.3, 0.4) is 0 Å². The molecule has 2 rings (SSSR count). The lowest BCUT2D eigenvalue weighted by Crippen LogP contribution is -1.95. The van der Waals surface area contributed by atoms with E-state index in [2.05, 4.69) is 15.9 Å². The Kier molecular flexibility index (Phi) is 2.96. The molecular weight excluding hydrogens is 296 g/mol. The van der Waals surface area contributed by atoms with Crippen LogP contribution >= 0.6 is 27.7 Å². The summed E-state index contributed by atoms with van der Waals surface area (Å²) >= 11 is 4.86. The molecule has 1 fully saturated rings. The molecule has 0 spiro atoms. The lowest BCUT2D eigenvalue weighted by atomic mass is 10.4. The van der Waals surface area contributed by atoms with Gasteiger partial charge in [0.15, 0.2) is 0 Å². The van der Waals surface area contributed by atoms with Gasteiger partial charge in [0.25, 0.3) is 0 Å². The predicted molar refractivity (Wildman–Crippen MR) is 66.5 cm³/mol. The van der Waals surface area contributed by atoms with E-state index in [9.17, 15) is 8.42 Å². The first-order valence-electron chi connectivity index (χ1n) is 4.38. The van der Waals surface area contributed by atoms with Crippen LogP contribution in [0.1, 0.15) is 6.92 Å². The molecular formula is C10H9BrO2S2. The van der Waals surface area contributed by atoms with E-state index in [1.807, 2.05) is 6.92 Å². The van der Waals surface area contributed by atoms with Crippen LogP contribution in [0.2, 0.25) is 0 Å². The van der Waals surface area contributed by atoms with Crippen LogP contribution in [0.15, 0.2) is 43.9 Å². The van der Waals surface area contributed by atoms with Crippen LogP contribution in [0.4, 0.5) is 0 Å². The molecule has 1 saturated heterocycles. The topological polar surface area (TPSA) is 34.1 Å². The molecule has 15 heavy (non-hydrogen) atoms. The highest BCUT2D eigenvalue weighted by molar-refractivity contribution is 9.10. The van der Waals surface area contributed by atoms with Gasteiger partial charge in [0.05, 0.1) is 4.90 Å². The molecule has 0 unspecified atom stereocenters. The van der Waals surface area contributed by atoms with Crippen molar-refractivity contribution in [1.82, 2.24) is 0 Å². The summed E-state index contributed by atoms with van der Waals surface area (Å²) in [6.45, 7) is 1.99. The summed E-state index contributed by atoms with van der Waals surface area (Å²) in [7, 11) is -3.25. The monoisotopic (exact) mass is 304 g/mol. The number of sulfone groups is 1. The van der Waals surface area contributed by atoms with Crippen LogP contribution in [0.5, 0.6) is 0 Å². The molecule has 0 aliphatic carbocycles. The van der Waals surface area contributed by atoms with E-state index in [1.54, 1.807) is 36.0 Å². The molecule has 0 N–H and O–H groups in total. The molecule has 5 heteroatoms. The van der Waals surface area contributed by atoms with Crippen molar-refractivity contribution < 1.29 is 8.42 Å². The second kappa shape index (κ2) is 3.96. The highest BCUT2D eigenvalue weighted by Crippen LogP contribution is 2.46. The average molecular weight is 305 g/mol. The average Bonchev–Trinajstić information content (AvgIpc) is 2.81. The summed E-state index contributed by atoms with van der Waals surface area (Å²) in [5, 5.41) is 1.72. The normalized spacial score (nSPS) is 23.1. The van der Waals surface area contributed by atoms with Crippen molar-refractivity contribution in [2.75, 3.05) is 0 Å². The highest BCUT2D eigenvalue weighted by Gasteiger charge is 2.28. The smallest absolute Gasteiger partial charge is 0.200 e. The fourth-order valence-corrected chi connectivity index (χ4v) is 3.66. The Morgan fingerprint density at radius 3 is 2.33 bits per heavy atom. The molecule has 0 aromatic heterocycles. The van der Waals surface area contributed by atoms with Gasteiger partial charge in [-0.2, -0.15) is 0 Å². The Balaban J connectivity index is 2.34. The van der Waals surface area contributed by atoms with Crippen LogP contribution in [-0.4, -0.2) is 13.7 Å². The first-order chi connectivity index (χ1) is 6.99. The maximum Gasteiger partial charge on any atom is 0.200 e. The number of hydrogen-bond donors (Lipinski definition) is 0. The Labute approximate surface area is 102 Å². The van der Waals surface area contributed by atoms with E-state index in [0.29, 0.717) is 10.1 Å². The van der Waals surface area contributed by atoms with Gasteiger partial charge in [-0.05, 0) is 31.2 Å². The molecule has 1 heterocycles. The van der Waals surface area contributed by atoms with E-state index in [1.165, 1.54) is 5.41 Å². The van der Waals surface area contributed by atoms with Crippen molar-refractivity contribution in [3.63, 3.8) is 0 Å². The Hall–Kier alpha value is -0.260. The van der Waals surface area contributed by atoms with Crippen molar-refractivity contribution in [2.45, 2.75) is 17.1 Å². The quantitative estimate of drug-likeness (QED) is 0.787. The third-order valence-electron chi connectivity index (χ3n) is 2.07. The summed E-state index contributed by atoms with van der Waals surface area (Å²) in [5.41, 5.74) is 0. The molecule has 80 valence electrons. The zero-order valence-corrected chi connectivity index (χ0v) is 11.2. The maximum absolute atomic E-state index is 11.8. The second-order valence-corrected chi connectivity index (χ2v) is 7.41. The van der Waals surface area contributed by atoms with E-state index in [4.69, 9.17) is 0 Å². The highest BCUT2D eigenvalue weighted by atomic mass is 79.9. The number of rotatable bonds is 2. The second-order valence-electron chi connectivity index (χ2n) is 3.28. The van der Waals surface area contributed by atoms with Crippen LogP contribution in [0, 0.1) is 0 Å². The van der Waals surface area contributed by atoms with Gasteiger partial charge in [-0.15, -0.1) is 11.8 Å². The van der Waals surface area contributed by atoms with Crippen LogP contribution in [-0.2, 0) is 9.84 Å². The van der Waals surface area contributed by atoms with Gasteiger partial charge in [-0.25, -0.2) is 8.42 Å². The number of thioether (sulfide) groups is 1. The third kappa shape index (κ3) is 2.65. The fourth-order valence-electron chi connectivity index (χ4n) is 1.14. The molecule has 0 saturated carbocycles. The fraction of sp³-hybridized carbons (Fsp3) is 0.200. The lowest BCUT2D eigenvalue weighted by Gasteiger charge is -1.98. The van der Waals surface area contributed by atoms with Crippen molar-refractivity contribution >= 4 is 37.5 Å². The SMILES string of the molecule is C[C@@H]1S/C1=C/S(=O)(=O)c1ccc(Br)cc1. The first kappa shape index (κ1) is 11.2. The molecule has 1 aromatic rings. The molecule has 0 bridgehead atoms. The van der Waals surface area contributed by atoms with Gasteiger partial charge in [0, 0.05) is 20.0 Å². The molecule has 0 radical (unpaired) electrons. The van der Waals surface area contributed by atoms with Gasteiger partial charge < -0.3 is 0 Å². The number of hydrogen-bond acceptors (Lipinski definition) is 3. The van der Waals surface area contributed by atoms with Gasteiger partial charge in [-0.3, -0.25) is 0 Å². The zero-order valence-electron chi connectivity index (χ0n) is 7.98. The van der Waals surface area contributed by atoms with Gasteiger partial charge in [-0.1, -0.05) is 15.9 Å². The molecule has 1 aliphatic heterocycles. The maximum atomic E-state index is 11.8. The lowest BCUT2D eigenvalue weighted by molar-refractivity contribution is 0.604. The van der Waals surface area contributed by atoms with E-state index < -0.39 is 9.84 Å². The minimum atomic E-state index is -3.25. The predicted octanol–water partition coefficient (Wildman–Crippen LogP) is 3.20. The summed E-state index contributed by atoms with van der Waals surface area (Å²) < 4.78 is 24.5. The van der Waals surface area contributed by atoms with Gasteiger partial charge in [0.1, 0.15) is 0 Å². The molecule has 2 nitrogen and oxygen atoms in total.